The Kier molecular flexibility index (Phi) is 6.02. The van der Waals surface area contributed by atoms with Crippen molar-refractivity contribution in [1.82, 2.24) is 20.8 Å². The Morgan fingerprint density at radius 3 is 2.60 bits per heavy atom. The molecule has 20 heavy (non-hydrogen) atoms. The number of carbonyl (C=O) groups is 2. The van der Waals surface area contributed by atoms with Crippen LogP contribution in [-0.4, -0.2) is 33.8 Å². The number of rotatable bonds is 7. The summed E-state index contributed by atoms with van der Waals surface area (Å²) in [4.78, 5) is 22.7. The smallest absolute Gasteiger partial charge is 0.315 e. The van der Waals surface area contributed by atoms with Crippen molar-refractivity contribution >= 4 is 12.0 Å². The van der Waals surface area contributed by atoms with Crippen LogP contribution in [0.1, 0.15) is 31.5 Å². The van der Waals surface area contributed by atoms with Crippen LogP contribution in [0.4, 0.5) is 4.79 Å². The second-order valence-electron chi connectivity index (χ2n) is 5.25. The number of nitrogens with one attached hydrogen (secondary N) is 3. The topological polar surface area (TPSA) is 107 Å². The number of amides is 2. The lowest BCUT2D eigenvalue weighted by Gasteiger charge is -2.15. The summed E-state index contributed by atoms with van der Waals surface area (Å²) < 4.78 is 0. The van der Waals surface area contributed by atoms with Gasteiger partial charge in [-0.3, -0.25) is 9.89 Å². The number of nitrogens with zero attached hydrogens (tertiary/aromatic N) is 1. The van der Waals surface area contributed by atoms with Crippen molar-refractivity contribution in [2.45, 2.75) is 33.7 Å². The molecule has 1 heterocycles. The van der Waals surface area contributed by atoms with Gasteiger partial charge in [-0.05, 0) is 19.3 Å². The summed E-state index contributed by atoms with van der Waals surface area (Å²) in [6.07, 6.45) is 2.19. The molecule has 1 aromatic rings. The van der Waals surface area contributed by atoms with Crippen molar-refractivity contribution < 1.29 is 14.7 Å². The molecule has 0 saturated heterocycles. The number of carbonyl (C=O) groups excluding carboxylic acids is 1. The largest absolute Gasteiger partial charge is 0.481 e. The van der Waals surface area contributed by atoms with Gasteiger partial charge in [-0.2, -0.15) is 5.10 Å². The van der Waals surface area contributed by atoms with E-state index in [9.17, 15) is 9.59 Å². The first kappa shape index (κ1) is 16.0. The van der Waals surface area contributed by atoms with Crippen LogP contribution in [0.15, 0.2) is 6.20 Å². The highest BCUT2D eigenvalue weighted by Crippen LogP contribution is 2.11. The molecule has 1 aromatic heterocycles. The number of carboxylic acid groups (broad SMARTS) is 1. The number of aromatic amines is 1. The normalized spacial score (nSPS) is 12.2. The minimum atomic E-state index is -0.885. The monoisotopic (exact) mass is 282 g/mol. The predicted molar refractivity (Wildman–Crippen MR) is 74.1 cm³/mol. The molecule has 0 aromatic carbocycles. The fourth-order valence-corrected chi connectivity index (χ4v) is 1.85. The summed E-state index contributed by atoms with van der Waals surface area (Å²) in [6.45, 7) is 6.26. The molecular weight excluding hydrogens is 260 g/mol. The van der Waals surface area contributed by atoms with E-state index >= 15 is 0 Å². The minimum Gasteiger partial charge on any atom is -0.481 e. The first-order valence-corrected chi connectivity index (χ1v) is 6.63. The fraction of sp³-hybridized carbons (Fsp3) is 0.615. The summed E-state index contributed by atoms with van der Waals surface area (Å²) >= 11 is 0. The van der Waals surface area contributed by atoms with E-state index in [0.717, 1.165) is 11.3 Å². The number of urea groups is 1. The number of aryl methyl sites for hydroxylation is 1. The van der Waals surface area contributed by atoms with E-state index in [1.54, 1.807) is 6.20 Å². The number of carboxylic acids is 1. The van der Waals surface area contributed by atoms with Crippen LogP contribution in [0.5, 0.6) is 0 Å². The molecule has 7 nitrogen and oxygen atoms in total. The maximum atomic E-state index is 11.6. The van der Waals surface area contributed by atoms with Crippen LogP contribution in [0.3, 0.4) is 0 Å². The quantitative estimate of drug-likeness (QED) is 0.604. The fourth-order valence-electron chi connectivity index (χ4n) is 1.85. The Labute approximate surface area is 118 Å². The van der Waals surface area contributed by atoms with Gasteiger partial charge in [0.05, 0.1) is 12.1 Å². The lowest BCUT2D eigenvalue weighted by atomic mass is 9.97. The van der Waals surface area contributed by atoms with Gasteiger partial charge >= 0.3 is 12.0 Å². The molecule has 0 bridgehead atoms. The van der Waals surface area contributed by atoms with Gasteiger partial charge in [0.25, 0.3) is 0 Å². The molecule has 2 amide bonds. The molecular formula is C13H22N4O3. The zero-order chi connectivity index (χ0) is 15.1. The van der Waals surface area contributed by atoms with Crippen LogP contribution >= 0.6 is 0 Å². The molecule has 0 saturated carbocycles. The Hall–Kier alpha value is -2.05. The van der Waals surface area contributed by atoms with Crippen LogP contribution in [-0.2, 0) is 11.3 Å². The average Bonchev–Trinajstić information content (AvgIpc) is 2.76. The SMILES string of the molecule is Cc1[nH]ncc1CNC(=O)NCC(CC(C)C)C(=O)O. The molecule has 0 fully saturated rings. The summed E-state index contributed by atoms with van der Waals surface area (Å²) in [5, 5.41) is 21.0. The molecule has 0 aliphatic carbocycles. The number of hydrogen-bond donors (Lipinski definition) is 4. The van der Waals surface area contributed by atoms with Gasteiger partial charge in [0.2, 0.25) is 0 Å². The Morgan fingerprint density at radius 2 is 2.10 bits per heavy atom. The molecule has 7 heteroatoms. The van der Waals surface area contributed by atoms with E-state index in [-0.39, 0.29) is 18.5 Å². The second-order valence-corrected chi connectivity index (χ2v) is 5.25. The third-order valence-corrected chi connectivity index (χ3v) is 2.99. The molecule has 1 rings (SSSR count). The van der Waals surface area contributed by atoms with Crippen molar-refractivity contribution in [1.29, 1.82) is 0 Å². The van der Waals surface area contributed by atoms with Gasteiger partial charge in [-0.15, -0.1) is 0 Å². The number of aromatic nitrogens is 2. The van der Waals surface area contributed by atoms with Crippen molar-refractivity contribution in [3.8, 4) is 0 Å². The molecule has 0 spiro atoms. The number of aliphatic carboxylic acids is 1. The van der Waals surface area contributed by atoms with Gasteiger partial charge in [-0.1, -0.05) is 13.8 Å². The Morgan fingerprint density at radius 1 is 1.40 bits per heavy atom. The van der Waals surface area contributed by atoms with Crippen molar-refractivity contribution in [2.24, 2.45) is 11.8 Å². The van der Waals surface area contributed by atoms with E-state index in [0.29, 0.717) is 13.0 Å². The van der Waals surface area contributed by atoms with E-state index < -0.39 is 11.9 Å². The van der Waals surface area contributed by atoms with Crippen LogP contribution in [0.25, 0.3) is 0 Å². The van der Waals surface area contributed by atoms with Crippen LogP contribution in [0, 0.1) is 18.8 Å². The lowest BCUT2D eigenvalue weighted by molar-refractivity contribution is -0.142. The molecule has 1 atom stereocenters. The molecule has 112 valence electrons. The molecule has 4 N–H and O–H groups in total. The highest BCUT2D eigenvalue weighted by molar-refractivity contribution is 5.75. The van der Waals surface area contributed by atoms with Gasteiger partial charge in [0.1, 0.15) is 0 Å². The molecule has 0 aliphatic rings. The van der Waals surface area contributed by atoms with E-state index in [1.807, 2.05) is 20.8 Å². The molecule has 1 unspecified atom stereocenters. The zero-order valence-corrected chi connectivity index (χ0v) is 12.1. The van der Waals surface area contributed by atoms with Crippen LogP contribution in [0.2, 0.25) is 0 Å². The predicted octanol–water partition coefficient (Wildman–Crippen LogP) is 1.26. The molecule has 0 aliphatic heterocycles. The van der Waals surface area contributed by atoms with Gasteiger partial charge in [0, 0.05) is 24.3 Å². The van der Waals surface area contributed by atoms with E-state index in [2.05, 4.69) is 20.8 Å². The maximum absolute atomic E-state index is 11.6. The van der Waals surface area contributed by atoms with Crippen molar-refractivity contribution in [3.63, 3.8) is 0 Å². The van der Waals surface area contributed by atoms with Gasteiger partial charge in [0.15, 0.2) is 0 Å². The maximum Gasteiger partial charge on any atom is 0.315 e. The first-order valence-electron chi connectivity index (χ1n) is 6.63. The molecule has 0 radical (unpaired) electrons. The first-order chi connectivity index (χ1) is 9.40. The summed E-state index contributed by atoms with van der Waals surface area (Å²) in [5.74, 6) is -1.17. The van der Waals surface area contributed by atoms with Crippen LogP contribution < -0.4 is 10.6 Å². The van der Waals surface area contributed by atoms with E-state index in [1.165, 1.54) is 0 Å². The Bertz CT molecular complexity index is 456. The standard InChI is InChI=1S/C13H22N4O3/c1-8(2)4-10(12(18)19)5-14-13(20)15-6-11-7-16-17-9(11)3/h7-8,10H,4-6H2,1-3H3,(H,16,17)(H,18,19)(H2,14,15,20). The third kappa shape index (κ3) is 5.29. The van der Waals surface area contributed by atoms with Crippen molar-refractivity contribution in [2.75, 3.05) is 6.54 Å². The number of H-pyrrole nitrogens is 1. The van der Waals surface area contributed by atoms with Gasteiger partial charge in [-0.25, -0.2) is 4.79 Å². The van der Waals surface area contributed by atoms with E-state index in [4.69, 9.17) is 5.11 Å². The zero-order valence-electron chi connectivity index (χ0n) is 12.1. The summed E-state index contributed by atoms with van der Waals surface area (Å²) in [5.41, 5.74) is 1.80. The minimum absolute atomic E-state index is 0.129. The second kappa shape index (κ2) is 7.52. The highest BCUT2D eigenvalue weighted by Gasteiger charge is 2.19. The summed E-state index contributed by atoms with van der Waals surface area (Å²) in [7, 11) is 0. The highest BCUT2D eigenvalue weighted by atomic mass is 16.4. The van der Waals surface area contributed by atoms with Crippen molar-refractivity contribution in [3.05, 3.63) is 17.5 Å². The number of hydrogen-bond acceptors (Lipinski definition) is 3. The Balaban J connectivity index is 2.34. The lowest BCUT2D eigenvalue weighted by Crippen LogP contribution is -2.40. The summed E-state index contributed by atoms with van der Waals surface area (Å²) in [6, 6.07) is -0.374. The average molecular weight is 282 g/mol. The third-order valence-electron chi connectivity index (χ3n) is 2.99. The van der Waals surface area contributed by atoms with Gasteiger partial charge < -0.3 is 15.7 Å².